The highest BCUT2D eigenvalue weighted by Gasteiger charge is 2.43. The third kappa shape index (κ3) is 4.55. The van der Waals surface area contributed by atoms with Crippen molar-refractivity contribution in [3.63, 3.8) is 0 Å². The number of ether oxygens (including phenoxy) is 1. The van der Waals surface area contributed by atoms with Gasteiger partial charge in [0.25, 0.3) is 0 Å². The SMILES string of the molecule is C=C(NCC1(C)CCC1)C1(c2cccc(NC(=O)CC(C3CC3)C3CC3)c2)CCOC1. The van der Waals surface area contributed by atoms with Crippen molar-refractivity contribution in [1.29, 1.82) is 0 Å². The van der Waals surface area contributed by atoms with Gasteiger partial charge in [-0.2, -0.15) is 0 Å². The second-order valence-corrected chi connectivity index (χ2v) is 11.1. The number of rotatable bonds is 10. The summed E-state index contributed by atoms with van der Waals surface area (Å²) < 4.78 is 5.86. The van der Waals surface area contributed by atoms with E-state index < -0.39 is 0 Å². The molecule has 4 aliphatic rings. The van der Waals surface area contributed by atoms with Gasteiger partial charge in [0.15, 0.2) is 0 Å². The van der Waals surface area contributed by atoms with Crippen molar-refractivity contribution in [2.24, 2.45) is 23.2 Å². The molecular weight excluding hydrogens is 384 g/mol. The number of benzene rings is 1. The molecule has 1 saturated heterocycles. The van der Waals surface area contributed by atoms with Crippen LogP contribution < -0.4 is 10.6 Å². The average Bonchev–Trinajstić information content (AvgIpc) is 3.68. The molecule has 1 aromatic carbocycles. The Kier molecular flexibility index (Phi) is 5.62. The van der Waals surface area contributed by atoms with Gasteiger partial charge >= 0.3 is 0 Å². The molecule has 1 unspecified atom stereocenters. The van der Waals surface area contributed by atoms with E-state index in [1.54, 1.807) is 0 Å². The van der Waals surface area contributed by atoms with Gasteiger partial charge in [-0.1, -0.05) is 32.1 Å². The molecule has 0 spiro atoms. The highest BCUT2D eigenvalue weighted by atomic mass is 16.5. The lowest BCUT2D eigenvalue weighted by Crippen LogP contribution is -2.42. The van der Waals surface area contributed by atoms with E-state index in [9.17, 15) is 4.79 Å². The second kappa shape index (κ2) is 8.27. The molecule has 4 fully saturated rings. The van der Waals surface area contributed by atoms with Crippen LogP contribution in [0.15, 0.2) is 36.5 Å². The summed E-state index contributed by atoms with van der Waals surface area (Å²) in [4.78, 5) is 12.8. The van der Waals surface area contributed by atoms with Crippen molar-refractivity contribution in [3.8, 4) is 0 Å². The highest BCUT2D eigenvalue weighted by Crippen LogP contribution is 2.50. The molecule has 0 radical (unpaired) electrons. The topological polar surface area (TPSA) is 50.4 Å². The van der Waals surface area contributed by atoms with Crippen molar-refractivity contribution < 1.29 is 9.53 Å². The molecule has 4 heteroatoms. The summed E-state index contributed by atoms with van der Waals surface area (Å²) in [7, 11) is 0. The normalized spacial score (nSPS) is 27.0. The summed E-state index contributed by atoms with van der Waals surface area (Å²) in [5, 5.41) is 6.87. The minimum Gasteiger partial charge on any atom is -0.387 e. The molecule has 31 heavy (non-hydrogen) atoms. The van der Waals surface area contributed by atoms with Crippen LogP contribution in [0.1, 0.15) is 70.3 Å². The molecule has 3 saturated carbocycles. The van der Waals surface area contributed by atoms with Gasteiger partial charge in [-0.25, -0.2) is 0 Å². The summed E-state index contributed by atoms with van der Waals surface area (Å²) in [6.07, 6.45) is 10.8. The molecule has 1 aromatic rings. The van der Waals surface area contributed by atoms with E-state index >= 15 is 0 Å². The third-order valence-corrected chi connectivity index (χ3v) is 8.46. The lowest BCUT2D eigenvalue weighted by Gasteiger charge is -2.41. The molecule has 2 N–H and O–H groups in total. The maximum atomic E-state index is 12.8. The maximum absolute atomic E-state index is 12.8. The van der Waals surface area contributed by atoms with Crippen molar-refractivity contribution in [1.82, 2.24) is 5.32 Å². The zero-order valence-electron chi connectivity index (χ0n) is 19.1. The smallest absolute Gasteiger partial charge is 0.224 e. The molecule has 168 valence electrons. The van der Waals surface area contributed by atoms with Crippen molar-refractivity contribution >= 4 is 11.6 Å². The standard InChI is InChI=1S/C27H38N2O2/c1-19(28-17-26(2)11-4-12-26)27(13-14-31-18-27)22-5-3-6-23(15-22)29-25(30)16-24(20-7-8-20)21-9-10-21/h3,5-6,15,20-21,24,28H,1,4,7-14,16-18H2,2H3,(H,29,30). The van der Waals surface area contributed by atoms with Crippen molar-refractivity contribution in [2.45, 2.75) is 70.1 Å². The minimum atomic E-state index is -0.217. The fourth-order valence-corrected chi connectivity index (χ4v) is 5.74. The Balaban J connectivity index is 1.26. The molecule has 3 aliphatic carbocycles. The molecule has 0 bridgehead atoms. The monoisotopic (exact) mass is 422 g/mol. The quantitative estimate of drug-likeness (QED) is 0.530. The van der Waals surface area contributed by atoms with Crippen LogP contribution >= 0.6 is 0 Å². The van der Waals surface area contributed by atoms with Gasteiger partial charge in [-0.3, -0.25) is 4.79 Å². The van der Waals surface area contributed by atoms with Gasteiger partial charge in [0.2, 0.25) is 5.91 Å². The molecular formula is C27H38N2O2. The van der Waals surface area contributed by atoms with E-state index in [1.165, 1.54) is 50.5 Å². The Bertz CT molecular complexity index is 817. The fraction of sp³-hybridized carbons (Fsp3) is 0.667. The number of anilines is 1. The lowest BCUT2D eigenvalue weighted by molar-refractivity contribution is -0.117. The Morgan fingerprint density at radius 1 is 1.19 bits per heavy atom. The number of hydrogen-bond donors (Lipinski definition) is 2. The molecule has 1 atom stereocenters. The van der Waals surface area contributed by atoms with Gasteiger partial charge < -0.3 is 15.4 Å². The molecule has 1 amide bonds. The fourth-order valence-electron chi connectivity index (χ4n) is 5.74. The van der Waals surface area contributed by atoms with E-state index in [-0.39, 0.29) is 11.3 Å². The van der Waals surface area contributed by atoms with Crippen molar-refractivity contribution in [2.75, 3.05) is 25.1 Å². The average molecular weight is 423 g/mol. The van der Waals surface area contributed by atoms with Crippen LogP contribution in [0, 0.1) is 23.2 Å². The molecule has 1 heterocycles. The molecule has 4 nitrogen and oxygen atoms in total. The van der Waals surface area contributed by atoms with Gasteiger partial charge in [-0.05, 0) is 85.8 Å². The first-order valence-electron chi connectivity index (χ1n) is 12.4. The zero-order valence-corrected chi connectivity index (χ0v) is 19.1. The number of hydrogen-bond acceptors (Lipinski definition) is 3. The van der Waals surface area contributed by atoms with E-state index in [0.717, 1.165) is 42.8 Å². The van der Waals surface area contributed by atoms with E-state index in [0.29, 0.717) is 24.4 Å². The predicted molar refractivity (Wildman–Crippen MR) is 125 cm³/mol. The summed E-state index contributed by atoms with van der Waals surface area (Å²) in [6, 6.07) is 8.39. The first kappa shape index (κ1) is 21.1. The van der Waals surface area contributed by atoms with Crippen LogP contribution in [-0.2, 0) is 14.9 Å². The minimum absolute atomic E-state index is 0.174. The summed E-state index contributed by atoms with van der Waals surface area (Å²) >= 11 is 0. The summed E-state index contributed by atoms with van der Waals surface area (Å²) in [5.41, 5.74) is 3.34. The highest BCUT2D eigenvalue weighted by molar-refractivity contribution is 5.91. The van der Waals surface area contributed by atoms with Gasteiger partial charge in [0.1, 0.15) is 0 Å². The zero-order chi connectivity index (χ0) is 21.5. The Morgan fingerprint density at radius 3 is 2.52 bits per heavy atom. The van der Waals surface area contributed by atoms with Crippen LogP contribution in [0.5, 0.6) is 0 Å². The predicted octanol–water partition coefficient (Wildman–Crippen LogP) is 5.40. The first-order valence-corrected chi connectivity index (χ1v) is 12.4. The van der Waals surface area contributed by atoms with E-state index in [1.807, 2.05) is 6.07 Å². The van der Waals surface area contributed by atoms with Crippen LogP contribution in [0.3, 0.4) is 0 Å². The molecule has 5 rings (SSSR count). The van der Waals surface area contributed by atoms with E-state index in [2.05, 4.69) is 42.3 Å². The largest absolute Gasteiger partial charge is 0.387 e. The van der Waals surface area contributed by atoms with Crippen LogP contribution in [-0.4, -0.2) is 25.7 Å². The summed E-state index contributed by atoms with van der Waals surface area (Å²) in [6.45, 7) is 9.19. The van der Waals surface area contributed by atoms with Crippen LogP contribution in [0.25, 0.3) is 0 Å². The van der Waals surface area contributed by atoms with Gasteiger partial charge in [0.05, 0.1) is 12.0 Å². The van der Waals surface area contributed by atoms with Gasteiger partial charge in [0, 0.05) is 31.0 Å². The number of carbonyl (C=O) groups is 1. The maximum Gasteiger partial charge on any atom is 0.224 e. The Morgan fingerprint density at radius 2 is 1.94 bits per heavy atom. The van der Waals surface area contributed by atoms with E-state index in [4.69, 9.17) is 4.74 Å². The first-order chi connectivity index (χ1) is 15.0. The molecule has 0 aromatic heterocycles. The van der Waals surface area contributed by atoms with Crippen LogP contribution in [0.2, 0.25) is 0 Å². The third-order valence-electron chi connectivity index (χ3n) is 8.46. The van der Waals surface area contributed by atoms with Crippen molar-refractivity contribution in [3.05, 3.63) is 42.1 Å². The van der Waals surface area contributed by atoms with Crippen LogP contribution in [0.4, 0.5) is 5.69 Å². The molecule has 1 aliphatic heterocycles. The number of carbonyl (C=O) groups excluding carboxylic acids is 1. The Labute approximate surface area is 187 Å². The Hall–Kier alpha value is -1.81. The second-order valence-electron chi connectivity index (χ2n) is 11.1. The number of amides is 1. The summed E-state index contributed by atoms with van der Waals surface area (Å²) in [5.74, 6) is 2.38. The van der Waals surface area contributed by atoms with Gasteiger partial charge in [-0.15, -0.1) is 0 Å². The lowest BCUT2D eigenvalue weighted by atomic mass is 9.70. The number of nitrogens with one attached hydrogen (secondary N) is 2.